The van der Waals surface area contributed by atoms with E-state index in [2.05, 4.69) is 5.32 Å². The predicted octanol–water partition coefficient (Wildman–Crippen LogP) is 6.75. The third kappa shape index (κ3) is 8.81. The molecule has 0 radical (unpaired) electrons. The molecule has 0 saturated heterocycles. The second kappa shape index (κ2) is 16.0. The Morgan fingerprint density at radius 2 is 1.50 bits per heavy atom. The topological polar surface area (TPSA) is 96.0 Å². The van der Waals surface area contributed by atoms with E-state index in [-0.39, 0.29) is 40.5 Å². The predicted molar refractivity (Wildman–Crippen MR) is 183 cm³/mol. The molecule has 0 bridgehead atoms. The molecule has 0 aliphatic heterocycles. The third-order valence-corrected chi connectivity index (χ3v) is 9.91. The average molecular weight is 683 g/mol. The van der Waals surface area contributed by atoms with E-state index < -0.39 is 28.5 Å². The molecule has 11 heteroatoms. The van der Waals surface area contributed by atoms with Crippen LogP contribution >= 0.6 is 23.2 Å². The summed E-state index contributed by atoms with van der Waals surface area (Å²) in [5.74, 6) is -0.574. The number of nitrogens with one attached hydrogen (secondary N) is 1. The van der Waals surface area contributed by atoms with Crippen molar-refractivity contribution in [3.8, 4) is 5.75 Å². The van der Waals surface area contributed by atoms with Crippen molar-refractivity contribution in [3.63, 3.8) is 0 Å². The number of rotatable bonds is 14. The van der Waals surface area contributed by atoms with Gasteiger partial charge in [0.25, 0.3) is 10.0 Å². The Balaban J connectivity index is 1.82. The zero-order chi connectivity index (χ0) is 33.3. The van der Waals surface area contributed by atoms with Crippen LogP contribution in [0.25, 0.3) is 0 Å². The highest BCUT2D eigenvalue weighted by atomic mass is 35.5. The minimum atomic E-state index is -4.26. The smallest absolute Gasteiger partial charge is 0.264 e. The highest BCUT2D eigenvalue weighted by Crippen LogP contribution is 2.32. The van der Waals surface area contributed by atoms with E-state index in [1.807, 2.05) is 44.2 Å². The zero-order valence-corrected chi connectivity index (χ0v) is 28.2. The first kappa shape index (κ1) is 34.8. The van der Waals surface area contributed by atoms with E-state index in [9.17, 15) is 18.0 Å². The number of hydrogen-bond acceptors (Lipinski definition) is 5. The highest BCUT2D eigenvalue weighted by molar-refractivity contribution is 7.92. The standard InChI is InChI=1S/C35H37Cl2N3O5S/c1-4-25(2)38-35(42)32(21-26-11-7-5-8-12-26)39(23-27-15-17-28(36)18-16-27)34(41)24-40(29-19-20-33(45-3)31(37)22-29)46(43,44)30-13-9-6-10-14-30/h5-20,22,25,32H,4,21,23-24H2,1-3H3,(H,38,42). The molecule has 242 valence electrons. The van der Waals surface area contributed by atoms with Crippen molar-refractivity contribution in [3.05, 3.63) is 124 Å². The highest BCUT2D eigenvalue weighted by Gasteiger charge is 2.35. The van der Waals surface area contributed by atoms with Crippen molar-refractivity contribution in [2.24, 2.45) is 0 Å². The summed E-state index contributed by atoms with van der Waals surface area (Å²) in [7, 11) is -2.80. The third-order valence-electron chi connectivity index (χ3n) is 7.57. The number of methoxy groups -OCH3 is 1. The van der Waals surface area contributed by atoms with E-state index in [1.54, 1.807) is 48.5 Å². The molecule has 4 aromatic carbocycles. The quantitative estimate of drug-likeness (QED) is 0.159. The van der Waals surface area contributed by atoms with Crippen LogP contribution in [0.4, 0.5) is 5.69 Å². The van der Waals surface area contributed by atoms with Crippen LogP contribution in [0, 0.1) is 0 Å². The summed E-state index contributed by atoms with van der Waals surface area (Å²) >= 11 is 12.6. The van der Waals surface area contributed by atoms with Crippen molar-refractivity contribution < 1.29 is 22.7 Å². The van der Waals surface area contributed by atoms with Gasteiger partial charge in [0.2, 0.25) is 11.8 Å². The molecule has 46 heavy (non-hydrogen) atoms. The fraction of sp³-hybridized carbons (Fsp3) is 0.257. The second-order valence-corrected chi connectivity index (χ2v) is 13.5. The Morgan fingerprint density at radius 1 is 0.870 bits per heavy atom. The lowest BCUT2D eigenvalue weighted by Crippen LogP contribution is -2.54. The molecule has 1 N–H and O–H groups in total. The van der Waals surface area contributed by atoms with E-state index in [0.29, 0.717) is 17.2 Å². The van der Waals surface area contributed by atoms with E-state index in [1.165, 1.54) is 36.3 Å². The van der Waals surface area contributed by atoms with Crippen LogP contribution in [0.15, 0.2) is 108 Å². The van der Waals surface area contributed by atoms with Crippen molar-refractivity contribution in [1.82, 2.24) is 10.2 Å². The number of amides is 2. The van der Waals surface area contributed by atoms with Crippen molar-refractivity contribution in [2.45, 2.75) is 50.2 Å². The summed E-state index contributed by atoms with van der Waals surface area (Å²) < 4.78 is 34.5. The molecule has 0 aliphatic rings. The zero-order valence-electron chi connectivity index (χ0n) is 25.9. The number of sulfonamides is 1. The lowest BCUT2D eigenvalue weighted by atomic mass is 10.0. The number of carbonyl (C=O) groups is 2. The van der Waals surface area contributed by atoms with Gasteiger partial charge < -0.3 is 15.0 Å². The number of hydrogen-bond donors (Lipinski definition) is 1. The fourth-order valence-electron chi connectivity index (χ4n) is 4.84. The van der Waals surface area contributed by atoms with Crippen molar-refractivity contribution in [2.75, 3.05) is 18.0 Å². The van der Waals surface area contributed by atoms with Crippen molar-refractivity contribution in [1.29, 1.82) is 0 Å². The van der Waals surface area contributed by atoms with E-state index in [0.717, 1.165) is 15.4 Å². The van der Waals surface area contributed by atoms with Crippen LogP contribution < -0.4 is 14.4 Å². The maximum Gasteiger partial charge on any atom is 0.264 e. The maximum atomic E-state index is 14.5. The van der Waals surface area contributed by atoms with Gasteiger partial charge in [0.05, 0.1) is 22.7 Å². The number of benzene rings is 4. The summed E-state index contributed by atoms with van der Waals surface area (Å²) in [4.78, 5) is 29.9. The molecule has 4 rings (SSSR count). The number of nitrogens with zero attached hydrogens (tertiary/aromatic N) is 2. The van der Waals surface area contributed by atoms with Crippen LogP contribution in [0.1, 0.15) is 31.4 Å². The van der Waals surface area contributed by atoms with Crippen LogP contribution in [-0.4, -0.2) is 50.9 Å². The first-order valence-electron chi connectivity index (χ1n) is 14.8. The Bertz CT molecular complexity index is 1720. The maximum absolute atomic E-state index is 14.5. The van der Waals surface area contributed by atoms with Gasteiger partial charge in [-0.3, -0.25) is 13.9 Å². The van der Waals surface area contributed by atoms with Crippen LogP contribution in [0.3, 0.4) is 0 Å². The van der Waals surface area contributed by atoms with Gasteiger partial charge in [-0.15, -0.1) is 0 Å². The molecular weight excluding hydrogens is 645 g/mol. The van der Waals surface area contributed by atoms with Crippen LogP contribution in [0.2, 0.25) is 10.0 Å². The van der Waals surface area contributed by atoms with Crippen LogP contribution in [0.5, 0.6) is 5.75 Å². The number of ether oxygens (including phenoxy) is 1. The first-order chi connectivity index (χ1) is 22.0. The molecule has 0 heterocycles. The Morgan fingerprint density at radius 3 is 2.09 bits per heavy atom. The molecule has 0 spiro atoms. The Kier molecular flexibility index (Phi) is 12.1. The monoisotopic (exact) mass is 681 g/mol. The van der Waals surface area contributed by atoms with Gasteiger partial charge in [0, 0.05) is 24.0 Å². The molecule has 0 aliphatic carbocycles. The number of halogens is 2. The lowest BCUT2D eigenvalue weighted by Gasteiger charge is -2.34. The van der Waals surface area contributed by atoms with E-state index >= 15 is 0 Å². The van der Waals surface area contributed by atoms with E-state index in [4.69, 9.17) is 27.9 Å². The molecule has 2 amide bonds. The molecule has 2 atom stereocenters. The average Bonchev–Trinajstić information content (AvgIpc) is 3.06. The summed E-state index contributed by atoms with van der Waals surface area (Å²) in [5, 5.41) is 3.72. The lowest BCUT2D eigenvalue weighted by molar-refractivity contribution is -0.140. The summed E-state index contributed by atoms with van der Waals surface area (Å²) in [6.07, 6.45) is 0.901. The van der Waals surface area contributed by atoms with Gasteiger partial charge in [-0.25, -0.2) is 8.42 Å². The molecule has 2 unspecified atom stereocenters. The minimum Gasteiger partial charge on any atom is -0.495 e. The van der Waals surface area contributed by atoms with Gasteiger partial charge in [-0.2, -0.15) is 0 Å². The molecular formula is C35H37Cl2N3O5S. The Labute approximate surface area is 280 Å². The summed E-state index contributed by atoms with van der Waals surface area (Å²) in [6, 6.07) is 27.6. The van der Waals surface area contributed by atoms with Gasteiger partial charge in [0.15, 0.2) is 0 Å². The molecule has 0 fully saturated rings. The SMILES string of the molecule is CCC(C)NC(=O)C(Cc1ccccc1)N(Cc1ccc(Cl)cc1)C(=O)CN(c1ccc(OC)c(Cl)c1)S(=O)(=O)c1ccccc1. The normalized spacial score (nSPS) is 12.5. The van der Waals surface area contributed by atoms with Gasteiger partial charge in [-0.1, -0.05) is 90.8 Å². The number of anilines is 1. The molecule has 0 aromatic heterocycles. The van der Waals surface area contributed by atoms with Crippen molar-refractivity contribution >= 4 is 50.7 Å². The second-order valence-electron chi connectivity index (χ2n) is 10.8. The van der Waals surface area contributed by atoms with Gasteiger partial charge in [0.1, 0.15) is 18.3 Å². The molecule has 0 saturated carbocycles. The van der Waals surface area contributed by atoms with Gasteiger partial charge >= 0.3 is 0 Å². The number of carbonyl (C=O) groups excluding carboxylic acids is 2. The van der Waals surface area contributed by atoms with Crippen LogP contribution in [-0.2, 0) is 32.6 Å². The Hall–Kier alpha value is -4.05. The largest absolute Gasteiger partial charge is 0.495 e. The fourth-order valence-corrected chi connectivity index (χ4v) is 6.65. The van der Waals surface area contributed by atoms with Gasteiger partial charge in [-0.05, 0) is 66.9 Å². The molecule has 8 nitrogen and oxygen atoms in total. The first-order valence-corrected chi connectivity index (χ1v) is 17.0. The molecule has 4 aromatic rings. The summed E-state index contributed by atoms with van der Waals surface area (Å²) in [5.41, 5.74) is 1.73. The minimum absolute atomic E-state index is 0.00524. The summed E-state index contributed by atoms with van der Waals surface area (Å²) in [6.45, 7) is 3.28.